The van der Waals surface area contributed by atoms with E-state index in [0.29, 0.717) is 18.3 Å². The van der Waals surface area contributed by atoms with Gasteiger partial charge in [-0.2, -0.15) is 0 Å². The smallest absolute Gasteiger partial charge is 0.232 e. The number of carbonyl (C=O) groups is 1. The Bertz CT molecular complexity index is 221. The number of rotatable bonds is 5. The maximum Gasteiger partial charge on any atom is 0.232 e. The average molecular weight is 231 g/mol. The highest BCUT2D eigenvalue weighted by Crippen LogP contribution is 2.29. The highest BCUT2D eigenvalue weighted by molar-refractivity contribution is 8.01. The van der Waals surface area contributed by atoms with Gasteiger partial charge in [-0.25, -0.2) is 0 Å². The molecule has 4 heteroatoms. The summed E-state index contributed by atoms with van der Waals surface area (Å²) in [6.45, 7) is 6.89. The van der Waals surface area contributed by atoms with Crippen LogP contribution in [0, 0.1) is 0 Å². The zero-order valence-corrected chi connectivity index (χ0v) is 10.6. The van der Waals surface area contributed by atoms with Crippen molar-refractivity contribution in [3.63, 3.8) is 0 Å². The van der Waals surface area contributed by atoms with Gasteiger partial charge in [0.15, 0.2) is 0 Å². The van der Waals surface area contributed by atoms with Crippen LogP contribution in [0.1, 0.15) is 33.6 Å². The summed E-state index contributed by atoms with van der Waals surface area (Å²) in [5, 5.41) is 8.89. The number of amides is 1. The minimum absolute atomic E-state index is 0.0718. The van der Waals surface area contributed by atoms with E-state index in [1.54, 1.807) is 11.8 Å². The lowest BCUT2D eigenvalue weighted by molar-refractivity contribution is -0.129. The van der Waals surface area contributed by atoms with Crippen LogP contribution in [0.2, 0.25) is 0 Å². The first-order valence-corrected chi connectivity index (χ1v) is 6.47. The van der Waals surface area contributed by atoms with Crippen molar-refractivity contribution in [3.8, 4) is 0 Å². The second-order valence-corrected chi connectivity index (χ2v) is 6.75. The van der Waals surface area contributed by atoms with Crippen LogP contribution in [0.25, 0.3) is 0 Å². The van der Waals surface area contributed by atoms with E-state index in [9.17, 15) is 4.79 Å². The Morgan fingerprint density at radius 2 is 2.07 bits per heavy atom. The minimum atomic E-state index is 0.0718. The van der Waals surface area contributed by atoms with Gasteiger partial charge < -0.3 is 10.0 Å². The number of aliphatic hydroxyl groups excluding tert-OH is 1. The van der Waals surface area contributed by atoms with Gasteiger partial charge in [0.05, 0.1) is 12.4 Å². The Kier molecular flexibility index (Phi) is 4.46. The molecule has 0 atom stereocenters. The van der Waals surface area contributed by atoms with E-state index in [-0.39, 0.29) is 17.3 Å². The summed E-state index contributed by atoms with van der Waals surface area (Å²) in [7, 11) is 0. The van der Waals surface area contributed by atoms with Crippen LogP contribution < -0.4 is 0 Å². The van der Waals surface area contributed by atoms with Crippen molar-refractivity contribution in [3.05, 3.63) is 0 Å². The third-order valence-electron chi connectivity index (χ3n) is 2.28. The van der Waals surface area contributed by atoms with Crippen LogP contribution in [-0.2, 0) is 4.79 Å². The zero-order chi connectivity index (χ0) is 11.5. The number of nitrogens with zero attached hydrogens (tertiary/aromatic N) is 1. The van der Waals surface area contributed by atoms with Crippen LogP contribution in [0.3, 0.4) is 0 Å². The topological polar surface area (TPSA) is 40.5 Å². The van der Waals surface area contributed by atoms with Crippen molar-refractivity contribution in [2.45, 2.75) is 44.4 Å². The van der Waals surface area contributed by atoms with E-state index in [1.807, 2.05) is 4.90 Å². The molecule has 1 aliphatic carbocycles. The van der Waals surface area contributed by atoms with E-state index in [2.05, 4.69) is 20.8 Å². The summed E-state index contributed by atoms with van der Waals surface area (Å²) in [5.41, 5.74) is 0. The number of aliphatic hydroxyl groups is 1. The van der Waals surface area contributed by atoms with Crippen LogP contribution in [-0.4, -0.2) is 45.6 Å². The Balaban J connectivity index is 2.35. The largest absolute Gasteiger partial charge is 0.395 e. The van der Waals surface area contributed by atoms with E-state index in [0.717, 1.165) is 12.8 Å². The molecule has 0 aromatic heterocycles. The van der Waals surface area contributed by atoms with Gasteiger partial charge in [-0.3, -0.25) is 4.79 Å². The van der Waals surface area contributed by atoms with Gasteiger partial charge in [-0.15, -0.1) is 11.8 Å². The summed E-state index contributed by atoms with van der Waals surface area (Å²) in [5.74, 6) is 0.700. The Morgan fingerprint density at radius 3 is 2.47 bits per heavy atom. The summed E-state index contributed by atoms with van der Waals surface area (Å²) < 4.78 is 0.129. The molecule has 1 amide bonds. The molecule has 15 heavy (non-hydrogen) atoms. The SMILES string of the molecule is CC(C)(C)SCC(=O)N(CCO)C1CC1. The van der Waals surface area contributed by atoms with Crippen LogP contribution in [0.15, 0.2) is 0 Å². The lowest BCUT2D eigenvalue weighted by Crippen LogP contribution is -2.37. The maximum atomic E-state index is 11.9. The van der Waals surface area contributed by atoms with E-state index >= 15 is 0 Å². The van der Waals surface area contributed by atoms with Gasteiger partial charge >= 0.3 is 0 Å². The molecule has 0 unspecified atom stereocenters. The molecule has 88 valence electrons. The van der Waals surface area contributed by atoms with Crippen LogP contribution in [0.4, 0.5) is 0 Å². The normalized spacial score (nSPS) is 16.5. The molecule has 1 saturated carbocycles. The molecule has 1 rings (SSSR count). The van der Waals surface area contributed by atoms with Crippen LogP contribution in [0.5, 0.6) is 0 Å². The molecule has 0 radical (unpaired) electrons. The first-order chi connectivity index (χ1) is 6.94. The highest BCUT2D eigenvalue weighted by atomic mass is 32.2. The van der Waals surface area contributed by atoms with Crippen molar-refractivity contribution in [1.82, 2.24) is 4.90 Å². The summed E-state index contributed by atoms with van der Waals surface area (Å²) in [4.78, 5) is 13.7. The van der Waals surface area contributed by atoms with Crippen molar-refractivity contribution in [2.75, 3.05) is 18.9 Å². The first-order valence-electron chi connectivity index (χ1n) is 5.48. The molecule has 3 nitrogen and oxygen atoms in total. The number of carbonyl (C=O) groups excluding carboxylic acids is 1. The van der Waals surface area contributed by atoms with Crippen molar-refractivity contribution < 1.29 is 9.90 Å². The Morgan fingerprint density at radius 1 is 1.47 bits per heavy atom. The number of hydrogen-bond acceptors (Lipinski definition) is 3. The predicted octanol–water partition coefficient (Wildman–Crippen LogP) is 1.50. The highest BCUT2D eigenvalue weighted by Gasteiger charge is 2.32. The second-order valence-electron chi connectivity index (χ2n) is 4.94. The van der Waals surface area contributed by atoms with Gasteiger partial charge in [0.2, 0.25) is 5.91 Å². The molecule has 0 saturated heterocycles. The molecule has 0 aromatic carbocycles. The van der Waals surface area contributed by atoms with Crippen molar-refractivity contribution in [2.24, 2.45) is 0 Å². The van der Waals surface area contributed by atoms with Crippen LogP contribution >= 0.6 is 11.8 Å². The second kappa shape index (κ2) is 5.21. The predicted molar refractivity (Wildman–Crippen MR) is 64.0 cm³/mol. The van der Waals surface area contributed by atoms with Gasteiger partial charge in [0, 0.05) is 17.3 Å². The fourth-order valence-electron chi connectivity index (χ4n) is 1.37. The standard InChI is InChI=1S/C11H21NO2S/c1-11(2,3)15-8-10(14)12(6-7-13)9-4-5-9/h9,13H,4-8H2,1-3H3. The first kappa shape index (κ1) is 12.8. The molecule has 1 aliphatic rings. The lowest BCUT2D eigenvalue weighted by atomic mass is 10.3. The van der Waals surface area contributed by atoms with Gasteiger partial charge in [-0.05, 0) is 12.8 Å². The van der Waals surface area contributed by atoms with E-state index in [4.69, 9.17) is 5.11 Å². The molecular formula is C11H21NO2S. The van der Waals surface area contributed by atoms with Gasteiger partial charge in [0.1, 0.15) is 0 Å². The molecular weight excluding hydrogens is 210 g/mol. The fraction of sp³-hybridized carbons (Fsp3) is 0.909. The fourth-order valence-corrected chi connectivity index (χ4v) is 2.09. The summed E-state index contributed by atoms with van der Waals surface area (Å²) in [6, 6.07) is 0.408. The third-order valence-corrected chi connectivity index (χ3v) is 3.53. The molecule has 1 N–H and O–H groups in total. The maximum absolute atomic E-state index is 11.9. The molecule has 0 aromatic rings. The third kappa shape index (κ3) is 4.89. The average Bonchev–Trinajstić information content (AvgIpc) is 2.92. The molecule has 0 aliphatic heterocycles. The molecule has 0 spiro atoms. The van der Waals surface area contributed by atoms with Crippen molar-refractivity contribution >= 4 is 17.7 Å². The monoisotopic (exact) mass is 231 g/mol. The number of hydrogen-bond donors (Lipinski definition) is 1. The molecule has 1 fully saturated rings. The minimum Gasteiger partial charge on any atom is -0.395 e. The van der Waals surface area contributed by atoms with E-state index in [1.165, 1.54) is 0 Å². The molecule has 0 heterocycles. The molecule has 0 bridgehead atoms. The summed E-state index contributed by atoms with van der Waals surface area (Å²) >= 11 is 1.67. The number of thioether (sulfide) groups is 1. The zero-order valence-electron chi connectivity index (χ0n) is 9.82. The quantitative estimate of drug-likeness (QED) is 0.779. The van der Waals surface area contributed by atoms with Gasteiger partial charge in [-0.1, -0.05) is 20.8 Å². The Hall–Kier alpha value is -0.220. The van der Waals surface area contributed by atoms with Crippen molar-refractivity contribution in [1.29, 1.82) is 0 Å². The Labute approximate surface area is 96.2 Å². The summed E-state index contributed by atoms with van der Waals surface area (Å²) in [6.07, 6.45) is 2.21. The van der Waals surface area contributed by atoms with E-state index < -0.39 is 0 Å². The van der Waals surface area contributed by atoms with Gasteiger partial charge in [0.25, 0.3) is 0 Å². The lowest BCUT2D eigenvalue weighted by Gasteiger charge is -2.24.